The minimum atomic E-state index is -0.826. The summed E-state index contributed by atoms with van der Waals surface area (Å²) in [7, 11) is 0. The Labute approximate surface area is 501 Å². The van der Waals surface area contributed by atoms with Crippen LogP contribution in [0.2, 0.25) is 0 Å². The Kier molecular flexibility index (Phi) is 65.2. The molecule has 464 valence electrons. The van der Waals surface area contributed by atoms with Gasteiger partial charge in [-0.3, -0.25) is 14.4 Å². The Hall–Kier alpha value is -3.93. The second-order valence-corrected chi connectivity index (χ2v) is 22.7. The number of unbranched alkanes of at least 4 members (excludes halogenated alkanes) is 33. The van der Waals surface area contributed by atoms with Crippen LogP contribution in [0.1, 0.15) is 329 Å². The maximum atomic E-state index is 12.9. The summed E-state index contributed by atoms with van der Waals surface area (Å²) in [5.74, 6) is -1.00. The molecule has 0 aromatic carbocycles. The molecule has 0 heterocycles. The van der Waals surface area contributed by atoms with Crippen LogP contribution in [0.25, 0.3) is 0 Å². The molecule has 0 aliphatic rings. The molecule has 81 heavy (non-hydrogen) atoms. The van der Waals surface area contributed by atoms with E-state index in [1.54, 1.807) is 0 Å². The van der Waals surface area contributed by atoms with Crippen LogP contribution in [-0.2, 0) is 28.6 Å². The van der Waals surface area contributed by atoms with Crippen LogP contribution in [0.3, 0.4) is 0 Å². The molecule has 0 amide bonds. The van der Waals surface area contributed by atoms with Crippen molar-refractivity contribution in [2.75, 3.05) is 13.2 Å². The fourth-order valence-electron chi connectivity index (χ4n) is 9.62. The van der Waals surface area contributed by atoms with Crippen LogP contribution in [0.4, 0.5) is 0 Å². The standard InChI is InChI=1S/C75H128O6/c1-4-7-10-13-16-19-22-25-27-29-31-32-33-34-35-36-37-38-39-40-41-42-44-45-47-50-53-56-59-62-65-68-74(77)80-71-72(70-79-73(76)67-64-61-58-55-52-49-24-21-18-15-12-9-6-3)81-75(78)69-66-63-60-57-54-51-48-46-43-30-28-26-23-20-17-14-11-8-5-2/h8,11-12,15,17,20-21,24,26,28-29,31,43,46,51,54,60,63,72H,4-7,9-10,13-14,16,18-19,22-23,25,27,30,32-42,44-45,47-50,52-53,55-59,61-62,64-71H2,1-3H3/b11-8-,15-12-,20-17-,24-21-,28-26-,31-29-,46-43-,54-51-,63-60-. The molecule has 6 heteroatoms. The molecule has 0 rings (SSSR count). The van der Waals surface area contributed by atoms with Gasteiger partial charge in [-0.1, -0.05) is 310 Å². The van der Waals surface area contributed by atoms with E-state index in [1.807, 2.05) is 6.08 Å². The molecule has 0 spiro atoms. The normalized spacial score (nSPS) is 12.8. The second kappa shape index (κ2) is 68.6. The first-order valence-corrected chi connectivity index (χ1v) is 34.4. The molecule has 0 aliphatic carbocycles. The lowest BCUT2D eigenvalue weighted by molar-refractivity contribution is -0.166. The lowest BCUT2D eigenvalue weighted by Crippen LogP contribution is -2.30. The van der Waals surface area contributed by atoms with Crippen molar-refractivity contribution in [2.45, 2.75) is 335 Å². The van der Waals surface area contributed by atoms with E-state index in [2.05, 4.69) is 124 Å². The summed E-state index contributed by atoms with van der Waals surface area (Å²) in [6.07, 6.45) is 94.3. The van der Waals surface area contributed by atoms with Gasteiger partial charge < -0.3 is 14.2 Å². The zero-order chi connectivity index (χ0) is 58.5. The van der Waals surface area contributed by atoms with Crippen LogP contribution in [0.15, 0.2) is 109 Å². The van der Waals surface area contributed by atoms with Crippen molar-refractivity contribution in [2.24, 2.45) is 0 Å². The van der Waals surface area contributed by atoms with Crippen molar-refractivity contribution in [3.63, 3.8) is 0 Å². The molecule has 6 nitrogen and oxygen atoms in total. The van der Waals surface area contributed by atoms with Gasteiger partial charge in [-0.25, -0.2) is 0 Å². The minimum absolute atomic E-state index is 0.112. The number of rotatable bonds is 62. The van der Waals surface area contributed by atoms with E-state index in [0.717, 1.165) is 109 Å². The average molecular weight is 1130 g/mol. The molecular weight excluding hydrogens is 997 g/mol. The quantitative estimate of drug-likeness (QED) is 0.0261. The molecule has 0 saturated heterocycles. The van der Waals surface area contributed by atoms with E-state index >= 15 is 0 Å². The second-order valence-electron chi connectivity index (χ2n) is 22.7. The molecule has 0 bridgehead atoms. The fraction of sp³-hybridized carbons (Fsp3) is 0.720. The zero-order valence-corrected chi connectivity index (χ0v) is 53.3. The van der Waals surface area contributed by atoms with Gasteiger partial charge in [0.2, 0.25) is 0 Å². The van der Waals surface area contributed by atoms with Crippen LogP contribution in [-0.4, -0.2) is 37.2 Å². The largest absolute Gasteiger partial charge is 0.462 e. The summed E-state index contributed by atoms with van der Waals surface area (Å²) in [5, 5.41) is 0. The maximum Gasteiger partial charge on any atom is 0.306 e. The summed E-state index contributed by atoms with van der Waals surface area (Å²) in [4.78, 5) is 38.3. The highest BCUT2D eigenvalue weighted by molar-refractivity contribution is 5.71. The van der Waals surface area contributed by atoms with Crippen LogP contribution >= 0.6 is 0 Å². The van der Waals surface area contributed by atoms with E-state index in [1.165, 1.54) is 173 Å². The summed E-state index contributed by atoms with van der Waals surface area (Å²) in [6.45, 7) is 6.41. The third-order valence-electron chi connectivity index (χ3n) is 14.7. The first-order valence-electron chi connectivity index (χ1n) is 34.4. The van der Waals surface area contributed by atoms with Gasteiger partial charge >= 0.3 is 17.9 Å². The van der Waals surface area contributed by atoms with Crippen molar-refractivity contribution in [1.29, 1.82) is 0 Å². The predicted molar refractivity (Wildman–Crippen MR) is 353 cm³/mol. The van der Waals surface area contributed by atoms with Gasteiger partial charge in [0.15, 0.2) is 6.10 Å². The highest BCUT2D eigenvalue weighted by Crippen LogP contribution is 2.17. The van der Waals surface area contributed by atoms with Gasteiger partial charge in [0.05, 0.1) is 0 Å². The number of ether oxygens (including phenoxy) is 3. The molecule has 0 fully saturated rings. The zero-order valence-electron chi connectivity index (χ0n) is 53.3. The maximum absolute atomic E-state index is 12.9. The van der Waals surface area contributed by atoms with Gasteiger partial charge in [0.1, 0.15) is 13.2 Å². The van der Waals surface area contributed by atoms with Crippen molar-refractivity contribution in [3.8, 4) is 0 Å². The van der Waals surface area contributed by atoms with Crippen molar-refractivity contribution >= 4 is 17.9 Å². The van der Waals surface area contributed by atoms with E-state index < -0.39 is 12.1 Å². The number of esters is 3. The van der Waals surface area contributed by atoms with E-state index in [0.29, 0.717) is 19.3 Å². The third kappa shape index (κ3) is 66.8. The number of hydrogen-bond donors (Lipinski definition) is 0. The monoisotopic (exact) mass is 1120 g/mol. The minimum Gasteiger partial charge on any atom is -0.462 e. The van der Waals surface area contributed by atoms with Gasteiger partial charge in [-0.15, -0.1) is 0 Å². The SMILES string of the molecule is CC/C=C\C/C=C\C/C=C\C/C=C\C/C=C\C/C=C\CCC(=O)OC(COC(=O)CCCCCCC/C=C\C/C=C\CCC)COC(=O)CCCCCCCCCCCCCCCCCCCCC/C=C\CCCCCCCCCC. The molecule has 1 atom stereocenters. The molecule has 1 unspecified atom stereocenters. The smallest absolute Gasteiger partial charge is 0.306 e. The van der Waals surface area contributed by atoms with E-state index in [4.69, 9.17) is 14.2 Å². The lowest BCUT2D eigenvalue weighted by atomic mass is 10.0. The predicted octanol–water partition coefficient (Wildman–Crippen LogP) is 23.8. The van der Waals surface area contributed by atoms with Crippen molar-refractivity contribution < 1.29 is 28.6 Å². The summed E-state index contributed by atoms with van der Waals surface area (Å²) < 4.78 is 16.8. The number of allylic oxidation sites excluding steroid dienone is 18. The highest BCUT2D eigenvalue weighted by Gasteiger charge is 2.19. The molecule has 0 saturated carbocycles. The Balaban J connectivity index is 4.27. The van der Waals surface area contributed by atoms with Crippen molar-refractivity contribution in [3.05, 3.63) is 109 Å². The molecule has 0 aromatic heterocycles. The fourth-order valence-corrected chi connectivity index (χ4v) is 9.62. The average Bonchev–Trinajstić information content (AvgIpc) is 3.46. The summed E-state index contributed by atoms with van der Waals surface area (Å²) in [5.41, 5.74) is 0. The van der Waals surface area contributed by atoms with Gasteiger partial charge in [0.25, 0.3) is 0 Å². The van der Waals surface area contributed by atoms with E-state index in [-0.39, 0.29) is 31.6 Å². The Morgan fingerprint density at radius 1 is 0.259 bits per heavy atom. The number of carbonyl (C=O) groups is 3. The van der Waals surface area contributed by atoms with Crippen LogP contribution in [0.5, 0.6) is 0 Å². The van der Waals surface area contributed by atoms with E-state index in [9.17, 15) is 14.4 Å². The summed E-state index contributed by atoms with van der Waals surface area (Å²) >= 11 is 0. The van der Waals surface area contributed by atoms with Crippen molar-refractivity contribution in [1.82, 2.24) is 0 Å². The molecule has 0 radical (unpaired) electrons. The van der Waals surface area contributed by atoms with Crippen LogP contribution in [0, 0.1) is 0 Å². The Morgan fingerprint density at radius 2 is 0.531 bits per heavy atom. The first kappa shape index (κ1) is 77.1. The first-order chi connectivity index (χ1) is 40.0. The Morgan fingerprint density at radius 3 is 0.864 bits per heavy atom. The molecular formula is C75H128O6. The molecule has 0 N–H and O–H groups in total. The van der Waals surface area contributed by atoms with Crippen LogP contribution < -0.4 is 0 Å². The molecule has 0 aliphatic heterocycles. The van der Waals surface area contributed by atoms with Gasteiger partial charge in [0, 0.05) is 19.3 Å². The van der Waals surface area contributed by atoms with Gasteiger partial charge in [-0.05, 0) is 109 Å². The topological polar surface area (TPSA) is 78.9 Å². The lowest BCUT2D eigenvalue weighted by Gasteiger charge is -2.18. The highest BCUT2D eigenvalue weighted by atomic mass is 16.6. The number of hydrogen-bond acceptors (Lipinski definition) is 6. The summed E-state index contributed by atoms with van der Waals surface area (Å²) in [6, 6.07) is 0. The number of carbonyl (C=O) groups excluding carboxylic acids is 3. The molecule has 0 aromatic rings. The van der Waals surface area contributed by atoms with Gasteiger partial charge in [-0.2, -0.15) is 0 Å². The third-order valence-corrected chi connectivity index (χ3v) is 14.7. The Bertz CT molecular complexity index is 1620.